The maximum Gasteiger partial charge on any atom is 0.238 e. The quantitative estimate of drug-likeness (QED) is 0.836. The lowest BCUT2D eigenvalue weighted by Gasteiger charge is -2.18. The van der Waals surface area contributed by atoms with Gasteiger partial charge in [-0.15, -0.1) is 0 Å². The average molecular weight is 346 g/mol. The summed E-state index contributed by atoms with van der Waals surface area (Å²) in [6.07, 6.45) is 0. The van der Waals surface area contributed by atoms with Crippen molar-refractivity contribution in [1.82, 2.24) is 4.90 Å². The zero-order valence-electron chi connectivity index (χ0n) is 14.9. The molecule has 0 aliphatic carbocycles. The Bertz CT molecular complexity index is 749. The number of halogens is 1. The molecular weight excluding hydrogens is 323 g/mol. The van der Waals surface area contributed by atoms with Gasteiger partial charge in [-0.3, -0.25) is 9.69 Å². The Morgan fingerprint density at radius 3 is 2.52 bits per heavy atom. The molecule has 134 valence electrons. The smallest absolute Gasteiger partial charge is 0.238 e. The van der Waals surface area contributed by atoms with Crippen LogP contribution in [0.2, 0.25) is 0 Å². The summed E-state index contributed by atoms with van der Waals surface area (Å²) in [5.41, 5.74) is 2.30. The van der Waals surface area contributed by atoms with Gasteiger partial charge < -0.3 is 14.8 Å². The molecule has 0 unspecified atom stereocenters. The van der Waals surface area contributed by atoms with E-state index in [1.54, 1.807) is 20.3 Å². The average Bonchev–Trinajstić information content (AvgIpc) is 2.57. The van der Waals surface area contributed by atoms with E-state index in [9.17, 15) is 9.18 Å². The first-order chi connectivity index (χ1) is 11.9. The normalized spacial score (nSPS) is 10.6. The topological polar surface area (TPSA) is 50.8 Å². The Morgan fingerprint density at radius 1 is 1.12 bits per heavy atom. The number of rotatable bonds is 7. The van der Waals surface area contributed by atoms with E-state index in [1.807, 2.05) is 37.1 Å². The van der Waals surface area contributed by atoms with E-state index >= 15 is 0 Å². The molecular formula is C19H23FN2O3. The summed E-state index contributed by atoms with van der Waals surface area (Å²) in [7, 11) is 5.01. The number of likely N-dealkylation sites (N-methyl/N-ethyl adjacent to an activating group) is 1. The number of hydrogen-bond donors (Lipinski definition) is 1. The fourth-order valence-electron chi connectivity index (χ4n) is 2.51. The lowest BCUT2D eigenvalue weighted by atomic mass is 10.2. The molecule has 1 amide bonds. The maximum atomic E-state index is 13.3. The van der Waals surface area contributed by atoms with Crippen LogP contribution in [-0.4, -0.2) is 38.6 Å². The first-order valence-electron chi connectivity index (χ1n) is 7.88. The van der Waals surface area contributed by atoms with Gasteiger partial charge in [0.1, 0.15) is 5.82 Å². The van der Waals surface area contributed by atoms with Crippen molar-refractivity contribution in [1.29, 1.82) is 0 Å². The predicted octanol–water partition coefficient (Wildman–Crippen LogP) is 3.22. The standard InChI is InChI=1S/C19H23FN2O3/c1-13-5-7-15(20)10-16(13)21-19(23)12-22(2)11-14-6-8-17(24-3)18(9-14)25-4/h5-10H,11-12H2,1-4H3,(H,21,23). The summed E-state index contributed by atoms with van der Waals surface area (Å²) in [5, 5.41) is 2.74. The number of aryl methyl sites for hydroxylation is 1. The van der Waals surface area contributed by atoms with E-state index in [0.717, 1.165) is 11.1 Å². The fourth-order valence-corrected chi connectivity index (χ4v) is 2.51. The summed E-state index contributed by atoms with van der Waals surface area (Å²) >= 11 is 0. The number of amides is 1. The van der Waals surface area contributed by atoms with Crippen LogP contribution in [0, 0.1) is 12.7 Å². The molecule has 0 aromatic heterocycles. The third-order valence-electron chi connectivity index (χ3n) is 3.79. The Balaban J connectivity index is 1.96. The summed E-state index contributed by atoms with van der Waals surface area (Å²) in [4.78, 5) is 14.0. The molecule has 0 aliphatic heterocycles. The molecule has 2 aromatic rings. The van der Waals surface area contributed by atoms with Gasteiger partial charge in [0.15, 0.2) is 11.5 Å². The highest BCUT2D eigenvalue weighted by atomic mass is 19.1. The Hall–Kier alpha value is -2.60. The number of benzene rings is 2. The van der Waals surface area contributed by atoms with E-state index in [1.165, 1.54) is 12.1 Å². The van der Waals surface area contributed by atoms with Crippen molar-refractivity contribution in [2.75, 3.05) is 33.1 Å². The van der Waals surface area contributed by atoms with Crippen LogP contribution in [0.15, 0.2) is 36.4 Å². The molecule has 25 heavy (non-hydrogen) atoms. The highest BCUT2D eigenvalue weighted by Crippen LogP contribution is 2.27. The molecule has 0 spiro atoms. The van der Waals surface area contributed by atoms with Gasteiger partial charge in [0.05, 0.1) is 20.8 Å². The zero-order chi connectivity index (χ0) is 18.4. The molecule has 0 atom stereocenters. The van der Waals surface area contributed by atoms with Crippen molar-refractivity contribution in [2.24, 2.45) is 0 Å². The van der Waals surface area contributed by atoms with Crippen molar-refractivity contribution >= 4 is 11.6 Å². The first-order valence-corrected chi connectivity index (χ1v) is 7.88. The third kappa shape index (κ3) is 5.19. The minimum absolute atomic E-state index is 0.185. The Kier molecular flexibility index (Phi) is 6.36. The van der Waals surface area contributed by atoms with E-state index in [2.05, 4.69) is 5.32 Å². The number of hydrogen-bond acceptors (Lipinski definition) is 4. The second-order valence-corrected chi connectivity index (χ2v) is 5.87. The number of methoxy groups -OCH3 is 2. The highest BCUT2D eigenvalue weighted by molar-refractivity contribution is 5.92. The number of nitrogens with one attached hydrogen (secondary N) is 1. The molecule has 0 radical (unpaired) electrons. The van der Waals surface area contributed by atoms with Crippen LogP contribution in [0.3, 0.4) is 0 Å². The summed E-state index contributed by atoms with van der Waals surface area (Å²) in [6.45, 7) is 2.57. The fraction of sp³-hybridized carbons (Fsp3) is 0.316. The van der Waals surface area contributed by atoms with E-state index < -0.39 is 0 Å². The predicted molar refractivity (Wildman–Crippen MR) is 95.6 cm³/mol. The number of nitrogens with zero attached hydrogens (tertiary/aromatic N) is 1. The molecule has 1 N–H and O–H groups in total. The van der Waals surface area contributed by atoms with Crippen LogP contribution in [-0.2, 0) is 11.3 Å². The molecule has 0 fully saturated rings. The van der Waals surface area contributed by atoms with Crippen LogP contribution in [0.1, 0.15) is 11.1 Å². The Morgan fingerprint density at radius 2 is 1.84 bits per heavy atom. The molecule has 0 saturated heterocycles. The molecule has 5 nitrogen and oxygen atoms in total. The van der Waals surface area contributed by atoms with Gasteiger partial charge in [0.25, 0.3) is 0 Å². The first kappa shape index (κ1) is 18.7. The third-order valence-corrected chi connectivity index (χ3v) is 3.79. The minimum atomic E-state index is -0.375. The van der Waals surface area contributed by atoms with Gasteiger partial charge in [-0.05, 0) is 49.4 Å². The molecule has 2 aromatic carbocycles. The second kappa shape index (κ2) is 8.48. The van der Waals surface area contributed by atoms with Gasteiger partial charge >= 0.3 is 0 Å². The SMILES string of the molecule is COc1ccc(CN(C)CC(=O)Nc2cc(F)ccc2C)cc1OC. The molecule has 0 bridgehead atoms. The Labute approximate surface area is 147 Å². The number of ether oxygens (including phenoxy) is 2. The molecule has 6 heteroatoms. The summed E-state index contributed by atoms with van der Waals surface area (Å²) in [6, 6.07) is 9.96. The van der Waals surface area contributed by atoms with Gasteiger partial charge in [0.2, 0.25) is 5.91 Å². The van der Waals surface area contributed by atoms with Crippen LogP contribution in [0.25, 0.3) is 0 Å². The van der Waals surface area contributed by atoms with E-state index in [-0.39, 0.29) is 18.3 Å². The lowest BCUT2D eigenvalue weighted by Crippen LogP contribution is -2.30. The van der Waals surface area contributed by atoms with Crippen LogP contribution in [0.5, 0.6) is 11.5 Å². The van der Waals surface area contributed by atoms with Crippen molar-refractivity contribution in [2.45, 2.75) is 13.5 Å². The summed E-state index contributed by atoms with van der Waals surface area (Å²) in [5.74, 6) is 0.734. The molecule has 0 heterocycles. The molecule has 0 aliphatic rings. The maximum absolute atomic E-state index is 13.3. The van der Waals surface area contributed by atoms with Crippen LogP contribution < -0.4 is 14.8 Å². The minimum Gasteiger partial charge on any atom is -0.493 e. The van der Waals surface area contributed by atoms with Crippen molar-refractivity contribution in [3.05, 3.63) is 53.3 Å². The lowest BCUT2D eigenvalue weighted by molar-refractivity contribution is -0.117. The monoisotopic (exact) mass is 346 g/mol. The van der Waals surface area contributed by atoms with Gasteiger partial charge in [-0.1, -0.05) is 12.1 Å². The highest BCUT2D eigenvalue weighted by Gasteiger charge is 2.11. The van der Waals surface area contributed by atoms with Gasteiger partial charge in [-0.25, -0.2) is 4.39 Å². The number of anilines is 1. The van der Waals surface area contributed by atoms with Crippen molar-refractivity contribution in [3.63, 3.8) is 0 Å². The molecule has 0 saturated carbocycles. The molecule has 2 rings (SSSR count). The van der Waals surface area contributed by atoms with E-state index in [4.69, 9.17) is 9.47 Å². The second-order valence-electron chi connectivity index (χ2n) is 5.87. The van der Waals surface area contributed by atoms with Gasteiger partial charge in [0, 0.05) is 12.2 Å². The van der Waals surface area contributed by atoms with Crippen molar-refractivity contribution in [3.8, 4) is 11.5 Å². The van der Waals surface area contributed by atoms with Gasteiger partial charge in [-0.2, -0.15) is 0 Å². The summed E-state index contributed by atoms with van der Waals surface area (Å²) < 4.78 is 23.8. The van der Waals surface area contributed by atoms with Crippen molar-refractivity contribution < 1.29 is 18.7 Å². The number of carbonyl (C=O) groups excluding carboxylic acids is 1. The largest absolute Gasteiger partial charge is 0.493 e. The number of carbonyl (C=O) groups is 1. The van der Waals surface area contributed by atoms with Crippen LogP contribution in [0.4, 0.5) is 10.1 Å². The van der Waals surface area contributed by atoms with E-state index in [0.29, 0.717) is 23.7 Å². The van der Waals surface area contributed by atoms with Crippen LogP contribution >= 0.6 is 0 Å². The zero-order valence-corrected chi connectivity index (χ0v) is 14.9.